The number of carboxylic acid groups (broad SMARTS) is 1. The van der Waals surface area contributed by atoms with Crippen molar-refractivity contribution in [1.29, 1.82) is 0 Å². The van der Waals surface area contributed by atoms with Crippen molar-refractivity contribution in [2.75, 3.05) is 5.75 Å². The zero-order chi connectivity index (χ0) is 21.3. The molecule has 0 fully saturated rings. The Bertz CT molecular complexity index is 586. The number of nitrogens with two attached hydrogens (primary N) is 2. The lowest BCUT2D eigenvalue weighted by Crippen LogP contribution is -2.59. The van der Waals surface area contributed by atoms with Crippen LogP contribution in [0.2, 0.25) is 0 Å². The minimum Gasteiger partial charge on any atom is -0.480 e. The molecule has 0 aromatic rings. The highest BCUT2D eigenvalue weighted by Crippen LogP contribution is 1.99. The van der Waals surface area contributed by atoms with E-state index in [4.69, 9.17) is 16.6 Å². The molecule has 154 valence electrons. The van der Waals surface area contributed by atoms with Gasteiger partial charge in [-0.3, -0.25) is 19.2 Å². The molecule has 4 amide bonds. The number of carboxylic acids is 1. The molecule has 12 nitrogen and oxygen atoms in total. The minimum absolute atomic E-state index is 0.203. The Kier molecular flexibility index (Phi) is 10.4. The van der Waals surface area contributed by atoms with Crippen molar-refractivity contribution in [2.24, 2.45) is 11.5 Å². The van der Waals surface area contributed by atoms with Crippen LogP contribution in [0.15, 0.2) is 0 Å². The van der Waals surface area contributed by atoms with Crippen molar-refractivity contribution < 1.29 is 34.2 Å². The van der Waals surface area contributed by atoms with Crippen LogP contribution in [0, 0.1) is 0 Å². The van der Waals surface area contributed by atoms with Crippen LogP contribution < -0.4 is 27.4 Å². The van der Waals surface area contributed by atoms with Crippen LogP contribution >= 0.6 is 12.6 Å². The Morgan fingerprint density at radius 3 is 1.96 bits per heavy atom. The number of hydrogen-bond acceptors (Lipinski definition) is 8. The summed E-state index contributed by atoms with van der Waals surface area (Å²) in [5.74, 6) is -4.92. The highest BCUT2D eigenvalue weighted by molar-refractivity contribution is 7.80. The van der Waals surface area contributed by atoms with Gasteiger partial charge in [0.1, 0.15) is 18.1 Å². The van der Waals surface area contributed by atoms with Gasteiger partial charge in [-0.15, -0.1) is 0 Å². The van der Waals surface area contributed by atoms with Crippen molar-refractivity contribution >= 4 is 42.2 Å². The maximum atomic E-state index is 12.2. The molecule has 0 spiro atoms. The number of aliphatic carboxylic acids is 1. The summed E-state index contributed by atoms with van der Waals surface area (Å²) in [6.45, 7) is 2.50. The van der Waals surface area contributed by atoms with Gasteiger partial charge in [-0.25, -0.2) is 4.79 Å². The molecule has 5 atom stereocenters. The standard InChI is InChI=1S/C14H25N5O7S/c1-5(17-12(23)7(15)3-9(16)21)11(22)19-10(6(2)20)13(24)18-8(4-27)14(25)26/h5-8,10,20,27H,3-4,15H2,1-2H3,(H2,16,21)(H,17,23)(H,18,24)(H,19,22)(H,25,26). The van der Waals surface area contributed by atoms with Crippen LogP contribution in [-0.2, 0) is 24.0 Å². The maximum Gasteiger partial charge on any atom is 0.327 e. The predicted octanol–water partition coefficient (Wildman–Crippen LogP) is -3.94. The fourth-order valence-electron chi connectivity index (χ4n) is 1.83. The molecular formula is C14H25N5O7S. The number of aliphatic hydroxyl groups excluding tert-OH is 1. The van der Waals surface area contributed by atoms with E-state index in [0.29, 0.717) is 0 Å². The normalized spacial score (nSPS) is 16.2. The number of carbonyl (C=O) groups excluding carboxylic acids is 4. The zero-order valence-electron chi connectivity index (χ0n) is 14.8. The van der Waals surface area contributed by atoms with Gasteiger partial charge in [0.2, 0.25) is 23.6 Å². The molecule has 13 heteroatoms. The molecule has 0 aromatic heterocycles. The molecule has 5 unspecified atom stereocenters. The zero-order valence-corrected chi connectivity index (χ0v) is 15.7. The molecule has 0 heterocycles. The second-order valence-corrected chi connectivity index (χ2v) is 6.18. The molecule has 0 saturated heterocycles. The monoisotopic (exact) mass is 407 g/mol. The fourth-order valence-corrected chi connectivity index (χ4v) is 2.07. The van der Waals surface area contributed by atoms with E-state index in [9.17, 15) is 29.1 Å². The highest BCUT2D eigenvalue weighted by Gasteiger charge is 2.31. The average molecular weight is 407 g/mol. The molecule has 0 saturated carbocycles. The summed E-state index contributed by atoms with van der Waals surface area (Å²) < 4.78 is 0. The summed E-state index contributed by atoms with van der Waals surface area (Å²) in [4.78, 5) is 57.8. The van der Waals surface area contributed by atoms with Gasteiger partial charge in [0.25, 0.3) is 0 Å². The van der Waals surface area contributed by atoms with Crippen molar-refractivity contribution in [3.05, 3.63) is 0 Å². The molecule has 0 aliphatic carbocycles. The van der Waals surface area contributed by atoms with Gasteiger partial charge in [-0.1, -0.05) is 0 Å². The Morgan fingerprint density at radius 2 is 1.56 bits per heavy atom. The van der Waals surface area contributed by atoms with Crippen LogP contribution in [0.3, 0.4) is 0 Å². The van der Waals surface area contributed by atoms with Crippen LogP contribution in [0.1, 0.15) is 20.3 Å². The number of nitrogens with one attached hydrogen (secondary N) is 3. The van der Waals surface area contributed by atoms with Crippen molar-refractivity contribution in [3.63, 3.8) is 0 Å². The summed E-state index contributed by atoms with van der Waals surface area (Å²) in [6.07, 6.45) is -1.78. The number of amides is 4. The Hall–Kier alpha value is -2.38. The summed E-state index contributed by atoms with van der Waals surface area (Å²) in [5, 5.41) is 25.2. The van der Waals surface area contributed by atoms with Crippen molar-refractivity contribution in [1.82, 2.24) is 16.0 Å². The van der Waals surface area contributed by atoms with Crippen LogP contribution in [-0.4, -0.2) is 75.8 Å². The first-order valence-electron chi connectivity index (χ1n) is 7.87. The smallest absolute Gasteiger partial charge is 0.327 e. The van der Waals surface area contributed by atoms with E-state index in [0.717, 1.165) is 0 Å². The van der Waals surface area contributed by atoms with E-state index in [2.05, 4.69) is 28.6 Å². The first kappa shape index (κ1) is 24.6. The third-order valence-electron chi connectivity index (χ3n) is 3.37. The number of hydrogen-bond donors (Lipinski definition) is 8. The lowest BCUT2D eigenvalue weighted by atomic mass is 10.1. The quantitative estimate of drug-likeness (QED) is 0.158. The van der Waals surface area contributed by atoms with E-state index in [1.54, 1.807) is 0 Å². The van der Waals surface area contributed by atoms with Crippen molar-refractivity contribution in [3.8, 4) is 0 Å². The van der Waals surface area contributed by atoms with Gasteiger partial charge in [0.05, 0.1) is 18.6 Å². The average Bonchev–Trinajstić information content (AvgIpc) is 2.55. The van der Waals surface area contributed by atoms with Gasteiger partial charge in [0.15, 0.2) is 0 Å². The topological polar surface area (TPSA) is 214 Å². The second kappa shape index (κ2) is 11.4. The molecule has 0 rings (SSSR count). The van der Waals surface area contributed by atoms with Gasteiger partial charge in [0, 0.05) is 5.75 Å². The predicted molar refractivity (Wildman–Crippen MR) is 96.4 cm³/mol. The number of thiol groups is 1. The Balaban J connectivity index is 4.92. The second-order valence-electron chi connectivity index (χ2n) is 5.82. The van der Waals surface area contributed by atoms with E-state index in [1.165, 1.54) is 13.8 Å². The molecule has 27 heavy (non-hydrogen) atoms. The number of rotatable bonds is 11. The Labute approximate surface area is 160 Å². The molecule has 0 aliphatic heterocycles. The lowest BCUT2D eigenvalue weighted by Gasteiger charge is -2.24. The van der Waals surface area contributed by atoms with Crippen LogP contribution in [0.5, 0.6) is 0 Å². The van der Waals surface area contributed by atoms with Gasteiger partial charge in [-0.2, -0.15) is 12.6 Å². The molecular weight excluding hydrogens is 382 g/mol. The van der Waals surface area contributed by atoms with Crippen molar-refractivity contribution in [2.45, 2.75) is 50.5 Å². The third kappa shape index (κ3) is 8.70. The fraction of sp³-hybridized carbons (Fsp3) is 0.643. The summed E-state index contributed by atoms with van der Waals surface area (Å²) in [7, 11) is 0. The largest absolute Gasteiger partial charge is 0.480 e. The van der Waals surface area contributed by atoms with E-state index >= 15 is 0 Å². The van der Waals surface area contributed by atoms with E-state index in [-0.39, 0.29) is 5.75 Å². The molecule has 0 bridgehead atoms. The summed E-state index contributed by atoms with van der Waals surface area (Å²) in [6, 6.07) is -5.20. The first-order valence-corrected chi connectivity index (χ1v) is 8.50. The first-order chi connectivity index (χ1) is 12.4. The van der Waals surface area contributed by atoms with Gasteiger partial charge >= 0.3 is 5.97 Å². The molecule has 9 N–H and O–H groups in total. The maximum absolute atomic E-state index is 12.2. The highest BCUT2D eigenvalue weighted by atomic mass is 32.1. The van der Waals surface area contributed by atoms with E-state index in [1.807, 2.05) is 0 Å². The van der Waals surface area contributed by atoms with E-state index < -0.39 is 66.3 Å². The number of carbonyl (C=O) groups is 5. The molecule has 0 aromatic carbocycles. The van der Waals surface area contributed by atoms with Crippen LogP contribution in [0.25, 0.3) is 0 Å². The minimum atomic E-state index is -1.47. The van der Waals surface area contributed by atoms with Gasteiger partial charge in [-0.05, 0) is 13.8 Å². The summed E-state index contributed by atoms with van der Waals surface area (Å²) >= 11 is 3.79. The van der Waals surface area contributed by atoms with Gasteiger partial charge < -0.3 is 37.6 Å². The van der Waals surface area contributed by atoms with Crippen LogP contribution in [0.4, 0.5) is 0 Å². The number of primary amides is 1. The SMILES string of the molecule is CC(NC(=O)C(N)CC(N)=O)C(=O)NC(C(=O)NC(CS)C(=O)O)C(C)O. The lowest BCUT2D eigenvalue weighted by molar-refractivity contribution is -0.142. The molecule has 0 aliphatic rings. The molecule has 0 radical (unpaired) electrons. The number of aliphatic hydroxyl groups is 1. The Morgan fingerprint density at radius 1 is 1.00 bits per heavy atom. The summed E-state index contributed by atoms with van der Waals surface area (Å²) in [5.41, 5.74) is 10.4. The third-order valence-corrected chi connectivity index (χ3v) is 3.73.